The van der Waals surface area contributed by atoms with E-state index in [0.717, 1.165) is 17.3 Å². The van der Waals surface area contributed by atoms with Crippen LogP contribution in [-0.2, 0) is 24.8 Å². The number of aromatic carboxylic acids is 1. The Bertz CT molecular complexity index is 712. The highest BCUT2D eigenvalue weighted by atomic mass is 79.9. The smallest absolute Gasteiger partial charge is 0.354 e. The van der Waals surface area contributed by atoms with Gasteiger partial charge >= 0.3 is 5.97 Å². The van der Waals surface area contributed by atoms with E-state index in [1.165, 1.54) is 16.4 Å². The molecule has 7 heteroatoms. The van der Waals surface area contributed by atoms with Gasteiger partial charge < -0.3 is 10.4 Å². The lowest BCUT2D eigenvalue weighted by atomic mass is 10.1. The van der Waals surface area contributed by atoms with Gasteiger partial charge in [0.15, 0.2) is 5.69 Å². The number of benzene rings is 1. The maximum Gasteiger partial charge on any atom is 0.354 e. The SMILES string of the molecule is Cn1ncc(CNC(=O)CCCc2ccccc2Br)c1C(=O)O. The van der Waals surface area contributed by atoms with Crippen LogP contribution in [0.5, 0.6) is 0 Å². The first-order valence-electron chi connectivity index (χ1n) is 7.23. The monoisotopic (exact) mass is 379 g/mol. The molecule has 122 valence electrons. The zero-order valence-corrected chi connectivity index (χ0v) is 14.3. The quantitative estimate of drug-likeness (QED) is 0.773. The molecule has 2 N–H and O–H groups in total. The summed E-state index contributed by atoms with van der Waals surface area (Å²) in [7, 11) is 1.56. The molecule has 0 aliphatic heterocycles. The third kappa shape index (κ3) is 4.66. The van der Waals surface area contributed by atoms with Crippen LogP contribution in [-0.4, -0.2) is 26.8 Å². The summed E-state index contributed by atoms with van der Waals surface area (Å²) in [5.74, 6) is -1.15. The van der Waals surface area contributed by atoms with Gasteiger partial charge in [-0.25, -0.2) is 4.79 Å². The van der Waals surface area contributed by atoms with Crippen molar-refractivity contribution in [2.75, 3.05) is 0 Å². The standard InChI is InChI=1S/C16H18BrN3O3/c1-20-15(16(22)23)12(10-19-20)9-18-14(21)8-4-6-11-5-2-3-7-13(11)17/h2-3,5,7,10H,4,6,8-9H2,1H3,(H,18,21)(H,22,23). The van der Waals surface area contributed by atoms with E-state index >= 15 is 0 Å². The number of halogens is 1. The van der Waals surface area contributed by atoms with Crippen molar-refractivity contribution >= 4 is 27.8 Å². The first-order chi connectivity index (χ1) is 11.0. The molecule has 0 atom stereocenters. The van der Waals surface area contributed by atoms with Crippen molar-refractivity contribution in [3.63, 3.8) is 0 Å². The number of aryl methyl sites for hydroxylation is 2. The summed E-state index contributed by atoms with van der Waals surface area (Å²) < 4.78 is 2.33. The molecule has 0 saturated carbocycles. The van der Waals surface area contributed by atoms with Gasteiger partial charge in [-0.15, -0.1) is 0 Å². The van der Waals surface area contributed by atoms with E-state index in [9.17, 15) is 9.59 Å². The third-order valence-electron chi connectivity index (χ3n) is 3.50. The molecule has 1 amide bonds. The molecule has 1 heterocycles. The summed E-state index contributed by atoms with van der Waals surface area (Å²) in [6.45, 7) is 0.170. The second-order valence-electron chi connectivity index (χ2n) is 5.17. The molecule has 0 spiro atoms. The van der Waals surface area contributed by atoms with Crippen molar-refractivity contribution in [1.29, 1.82) is 0 Å². The Hall–Kier alpha value is -2.15. The van der Waals surface area contributed by atoms with Gasteiger partial charge in [-0.3, -0.25) is 9.48 Å². The maximum atomic E-state index is 11.9. The molecule has 0 unspecified atom stereocenters. The Morgan fingerprint density at radius 1 is 1.30 bits per heavy atom. The summed E-state index contributed by atoms with van der Waals surface area (Å²) in [6, 6.07) is 7.92. The van der Waals surface area contributed by atoms with Crippen molar-refractivity contribution in [3.05, 3.63) is 51.8 Å². The van der Waals surface area contributed by atoms with E-state index < -0.39 is 5.97 Å². The number of aromatic nitrogens is 2. The molecule has 0 radical (unpaired) electrons. The number of carboxylic acids is 1. The average Bonchev–Trinajstić information content (AvgIpc) is 2.88. The topological polar surface area (TPSA) is 84.2 Å². The minimum absolute atomic E-state index is 0.0958. The largest absolute Gasteiger partial charge is 0.477 e. The Balaban J connectivity index is 1.80. The molecule has 0 bridgehead atoms. The van der Waals surface area contributed by atoms with Gasteiger partial charge in [0.1, 0.15) is 0 Å². The zero-order valence-electron chi connectivity index (χ0n) is 12.8. The Morgan fingerprint density at radius 3 is 2.74 bits per heavy atom. The molecule has 2 aromatic rings. The molecule has 23 heavy (non-hydrogen) atoms. The maximum absolute atomic E-state index is 11.9. The van der Waals surface area contributed by atoms with Crippen LogP contribution in [0.25, 0.3) is 0 Å². The lowest BCUT2D eigenvalue weighted by molar-refractivity contribution is -0.121. The van der Waals surface area contributed by atoms with Crippen molar-refractivity contribution in [2.45, 2.75) is 25.8 Å². The van der Waals surface area contributed by atoms with Crippen LogP contribution in [0.15, 0.2) is 34.9 Å². The first-order valence-corrected chi connectivity index (χ1v) is 8.02. The highest BCUT2D eigenvalue weighted by Gasteiger charge is 2.16. The summed E-state index contributed by atoms with van der Waals surface area (Å²) in [5.41, 5.74) is 1.76. The molecular weight excluding hydrogens is 362 g/mol. The number of carbonyl (C=O) groups is 2. The van der Waals surface area contributed by atoms with E-state index in [2.05, 4.69) is 26.3 Å². The highest BCUT2D eigenvalue weighted by molar-refractivity contribution is 9.10. The predicted molar refractivity (Wildman–Crippen MR) is 89.1 cm³/mol. The van der Waals surface area contributed by atoms with E-state index in [0.29, 0.717) is 12.0 Å². The van der Waals surface area contributed by atoms with Crippen LogP contribution in [0.1, 0.15) is 34.5 Å². The van der Waals surface area contributed by atoms with E-state index in [4.69, 9.17) is 5.11 Å². The van der Waals surface area contributed by atoms with Gasteiger partial charge in [0.25, 0.3) is 0 Å². The van der Waals surface area contributed by atoms with Gasteiger partial charge in [0.05, 0.1) is 6.20 Å². The summed E-state index contributed by atoms with van der Waals surface area (Å²) in [5, 5.41) is 15.8. The number of nitrogens with zero attached hydrogens (tertiary/aromatic N) is 2. The number of carbonyl (C=O) groups excluding carboxylic acids is 1. The average molecular weight is 380 g/mol. The van der Waals surface area contributed by atoms with Crippen molar-refractivity contribution in [1.82, 2.24) is 15.1 Å². The molecule has 1 aromatic carbocycles. The van der Waals surface area contributed by atoms with E-state index in [-0.39, 0.29) is 18.1 Å². The fourth-order valence-electron chi connectivity index (χ4n) is 2.31. The molecule has 0 fully saturated rings. The number of hydrogen-bond acceptors (Lipinski definition) is 3. The summed E-state index contributed by atoms with van der Waals surface area (Å²) in [4.78, 5) is 23.0. The summed E-state index contributed by atoms with van der Waals surface area (Å²) >= 11 is 3.48. The van der Waals surface area contributed by atoms with Crippen LogP contribution in [0, 0.1) is 0 Å². The number of carboxylic acid groups (broad SMARTS) is 1. The van der Waals surface area contributed by atoms with Gasteiger partial charge in [-0.1, -0.05) is 34.1 Å². The van der Waals surface area contributed by atoms with Crippen LogP contribution in [0.2, 0.25) is 0 Å². The first kappa shape index (κ1) is 17.2. The lowest BCUT2D eigenvalue weighted by Crippen LogP contribution is -2.23. The van der Waals surface area contributed by atoms with E-state index in [1.54, 1.807) is 7.05 Å². The second-order valence-corrected chi connectivity index (χ2v) is 6.02. The van der Waals surface area contributed by atoms with Crippen molar-refractivity contribution in [2.24, 2.45) is 7.05 Å². The van der Waals surface area contributed by atoms with Gasteiger partial charge in [0, 0.05) is 30.0 Å². The van der Waals surface area contributed by atoms with Crippen LogP contribution in [0.3, 0.4) is 0 Å². The molecule has 0 saturated heterocycles. The molecule has 2 rings (SSSR count). The number of hydrogen-bond donors (Lipinski definition) is 2. The highest BCUT2D eigenvalue weighted by Crippen LogP contribution is 2.17. The van der Waals surface area contributed by atoms with Gasteiger partial charge in [-0.2, -0.15) is 5.10 Å². The van der Waals surface area contributed by atoms with Crippen LogP contribution in [0.4, 0.5) is 0 Å². The molecule has 1 aromatic heterocycles. The fraction of sp³-hybridized carbons (Fsp3) is 0.312. The normalized spacial score (nSPS) is 10.5. The van der Waals surface area contributed by atoms with Crippen molar-refractivity contribution in [3.8, 4) is 0 Å². The van der Waals surface area contributed by atoms with Crippen molar-refractivity contribution < 1.29 is 14.7 Å². The Morgan fingerprint density at radius 2 is 2.04 bits per heavy atom. The Labute approximate surface area is 142 Å². The number of nitrogens with one attached hydrogen (secondary N) is 1. The minimum Gasteiger partial charge on any atom is -0.477 e. The lowest BCUT2D eigenvalue weighted by Gasteiger charge is -2.06. The fourth-order valence-corrected chi connectivity index (χ4v) is 2.79. The second kappa shape index (κ2) is 7.92. The Kier molecular flexibility index (Phi) is 5.92. The number of rotatable bonds is 7. The van der Waals surface area contributed by atoms with Crippen LogP contribution >= 0.6 is 15.9 Å². The third-order valence-corrected chi connectivity index (χ3v) is 4.27. The predicted octanol–water partition coefficient (Wildman–Crippen LogP) is 2.52. The van der Waals surface area contributed by atoms with Gasteiger partial charge in [0.2, 0.25) is 5.91 Å². The summed E-state index contributed by atoms with van der Waals surface area (Å²) in [6.07, 6.45) is 3.39. The van der Waals surface area contributed by atoms with E-state index in [1.807, 2.05) is 24.3 Å². The van der Waals surface area contributed by atoms with Crippen LogP contribution < -0.4 is 5.32 Å². The number of amides is 1. The molecule has 0 aliphatic rings. The minimum atomic E-state index is -1.05. The molecular formula is C16H18BrN3O3. The molecule has 6 nitrogen and oxygen atoms in total. The molecule has 0 aliphatic carbocycles. The van der Waals surface area contributed by atoms with Gasteiger partial charge in [-0.05, 0) is 24.5 Å². The zero-order chi connectivity index (χ0) is 16.8.